The molecule has 3 atom stereocenters. The van der Waals surface area contributed by atoms with Crippen molar-refractivity contribution in [2.75, 3.05) is 0 Å². The van der Waals surface area contributed by atoms with E-state index in [2.05, 4.69) is 41.6 Å². The first-order chi connectivity index (χ1) is 23.0. The van der Waals surface area contributed by atoms with E-state index in [0.717, 1.165) is 42.5 Å². The van der Waals surface area contributed by atoms with Crippen molar-refractivity contribution in [3.05, 3.63) is 144 Å². The zero-order valence-corrected chi connectivity index (χ0v) is 34.2. The van der Waals surface area contributed by atoms with Crippen LogP contribution in [0.25, 0.3) is 0 Å². The Hall–Kier alpha value is -0.176. The maximum absolute atomic E-state index is 9.12. The summed E-state index contributed by atoms with van der Waals surface area (Å²) in [6.45, 7) is 0. The maximum atomic E-state index is 9.12. The Kier molecular flexibility index (Phi) is 18.4. The molecule has 0 aliphatic heterocycles. The molecule has 16 heteroatoms. The normalized spacial score (nSPS) is 18.7. The Morgan fingerprint density at radius 3 is 1.65 bits per heavy atom. The van der Waals surface area contributed by atoms with Crippen LogP contribution in [0.2, 0.25) is 20.1 Å². The van der Waals surface area contributed by atoms with Crippen LogP contribution in [0, 0.1) is 5.30 Å². The van der Waals surface area contributed by atoms with Crippen molar-refractivity contribution in [3.63, 3.8) is 0 Å². The Balaban J connectivity index is 0.000000211. The van der Waals surface area contributed by atoms with E-state index in [0.29, 0.717) is 31.3 Å². The summed E-state index contributed by atoms with van der Waals surface area (Å²) >= 11 is 24.2. The summed E-state index contributed by atoms with van der Waals surface area (Å²) < 4.78 is 0. The summed E-state index contributed by atoms with van der Waals surface area (Å²) in [4.78, 5) is 0. The number of nitrogens with zero attached hydrogens (tertiary/aromatic N) is 1. The number of benzene rings is 4. The first-order valence-electron chi connectivity index (χ1n) is 15.0. The van der Waals surface area contributed by atoms with Crippen molar-refractivity contribution >= 4 is 113 Å². The molecule has 6 rings (SSSR count). The topological polar surface area (TPSA) is 58.6 Å². The molecule has 2 aliphatic carbocycles. The number of nitrogens with two attached hydrogens (primary N) is 1. The average Bonchev–Trinajstić information content (AvgIpc) is 3.08. The number of rotatable bonds is 5. The third-order valence-corrected chi connectivity index (χ3v) is 12.6. The second kappa shape index (κ2) is 20.9. The van der Waals surface area contributed by atoms with Crippen molar-refractivity contribution in [1.29, 1.82) is 0 Å². The molecular formula is C33H28B6Cl4N2OP2Y-. The minimum absolute atomic E-state index is 0. The largest absolute Gasteiger partial charge is 0.411 e. The Morgan fingerprint density at radius 1 is 0.694 bits per heavy atom. The van der Waals surface area contributed by atoms with E-state index in [1.165, 1.54) is 29.4 Å². The average molecular weight is 826 g/mol. The first-order valence-corrected chi connectivity index (χ1v) is 19.5. The summed E-state index contributed by atoms with van der Waals surface area (Å²) in [7, 11) is 25.2. The van der Waals surface area contributed by atoms with E-state index in [9.17, 15) is 0 Å². The molecule has 4 aromatic carbocycles. The number of oxime groups is 1. The van der Waals surface area contributed by atoms with Gasteiger partial charge in [0.1, 0.15) is 0 Å². The molecule has 4 aromatic rings. The molecule has 0 saturated heterocycles. The zero-order chi connectivity index (χ0) is 35.0. The molecule has 3 N–H and O–H groups in total. The number of hydrogen-bond donors (Lipinski definition) is 2. The fraction of sp³-hybridized carbons (Fsp3) is 0.212. The van der Waals surface area contributed by atoms with Crippen LogP contribution < -0.4 is 5.73 Å². The molecule has 0 aromatic heterocycles. The molecule has 0 fully saturated rings. The van der Waals surface area contributed by atoms with Gasteiger partial charge in [-0.25, -0.2) is 0 Å². The van der Waals surface area contributed by atoms with Gasteiger partial charge in [-0.3, -0.25) is 0 Å². The summed E-state index contributed by atoms with van der Waals surface area (Å²) in [5, 5.41) is 15.5. The van der Waals surface area contributed by atoms with E-state index in [1.807, 2.05) is 48.5 Å². The van der Waals surface area contributed by atoms with Gasteiger partial charge in [-0.15, -0.1) is 7.17 Å². The molecule has 0 saturated carbocycles. The van der Waals surface area contributed by atoms with Crippen LogP contribution in [0.3, 0.4) is 0 Å². The maximum Gasteiger partial charge on any atom is 0.0871 e. The van der Waals surface area contributed by atoms with Gasteiger partial charge in [0.15, 0.2) is 0 Å². The number of hydrogen-bond acceptors (Lipinski definition) is 3. The quantitative estimate of drug-likeness (QED) is 0.0693. The summed E-state index contributed by atoms with van der Waals surface area (Å²) in [6.07, 6.45) is 3.70. The second-order valence-electron chi connectivity index (χ2n) is 11.3. The Labute approximate surface area is 345 Å². The third-order valence-electron chi connectivity index (χ3n) is 8.35. The van der Waals surface area contributed by atoms with Crippen LogP contribution in [-0.4, -0.2) is 56.1 Å². The van der Waals surface area contributed by atoms with Gasteiger partial charge in [-0.1, -0.05) is 112 Å². The van der Waals surface area contributed by atoms with E-state index in [-0.39, 0.29) is 44.7 Å². The third kappa shape index (κ3) is 11.4. The van der Waals surface area contributed by atoms with Crippen LogP contribution in [0.1, 0.15) is 76.9 Å². The van der Waals surface area contributed by atoms with Crippen LogP contribution in [-0.2, 0) is 32.7 Å². The Morgan fingerprint density at radius 2 is 1.18 bits per heavy atom. The molecular weight excluding hydrogens is 798 g/mol. The van der Waals surface area contributed by atoms with Gasteiger partial charge in [-0.2, -0.15) is 0 Å². The molecule has 0 bridgehead atoms. The predicted octanol–water partition coefficient (Wildman–Crippen LogP) is 9.53. The Bertz CT molecular complexity index is 1720. The predicted molar refractivity (Wildman–Crippen MR) is 215 cm³/mol. The minimum Gasteiger partial charge on any atom is -0.411 e. The SMILES string of the molecule is N[C@@H]1CC[C@@H](c2ccc(Cl)c(Cl)c2)c2ccccc21.O/N=C1/CC[C@@H](c2ccc(Cl)c(Cl)c2)c2ccccc21.[B][B][C-](P([B])[B])P([B])[B].[Y]. The fourth-order valence-corrected chi connectivity index (χ4v) is 8.04. The van der Waals surface area contributed by atoms with E-state index in [4.69, 9.17) is 95.3 Å². The first kappa shape index (κ1) is 43.2. The van der Waals surface area contributed by atoms with Crippen LogP contribution >= 0.6 is 61.8 Å². The molecule has 12 radical (unpaired) electrons. The smallest absolute Gasteiger partial charge is 0.0871 e. The molecule has 3 nitrogen and oxygen atoms in total. The van der Waals surface area contributed by atoms with Gasteiger partial charge in [0.25, 0.3) is 0 Å². The van der Waals surface area contributed by atoms with Crippen LogP contribution in [0.15, 0.2) is 90.1 Å². The van der Waals surface area contributed by atoms with Crippen molar-refractivity contribution < 1.29 is 37.9 Å². The van der Waals surface area contributed by atoms with Gasteiger partial charge in [0.05, 0.1) is 56.1 Å². The van der Waals surface area contributed by atoms with Crippen LogP contribution in [0.5, 0.6) is 0 Å². The van der Waals surface area contributed by atoms with Gasteiger partial charge in [0.2, 0.25) is 0 Å². The van der Waals surface area contributed by atoms with Gasteiger partial charge >= 0.3 is 0 Å². The second-order valence-corrected chi connectivity index (χ2v) is 15.9. The van der Waals surface area contributed by atoms with Crippen LogP contribution in [0.4, 0.5) is 0 Å². The molecule has 0 spiro atoms. The summed E-state index contributed by atoms with van der Waals surface area (Å²) in [5.41, 5.74) is 14.1. The van der Waals surface area contributed by atoms with Crippen molar-refractivity contribution in [1.82, 2.24) is 0 Å². The molecule has 236 valence electrons. The van der Waals surface area contributed by atoms with E-state index < -0.39 is 15.4 Å². The van der Waals surface area contributed by atoms with Gasteiger partial charge in [0, 0.05) is 56.2 Å². The fourth-order valence-electron chi connectivity index (χ4n) is 6.02. The molecule has 0 amide bonds. The van der Waals surface area contributed by atoms with Gasteiger partial charge < -0.3 is 31.6 Å². The van der Waals surface area contributed by atoms with E-state index in [1.54, 1.807) is 0 Å². The molecule has 0 unspecified atom stereocenters. The minimum atomic E-state index is -1.19. The summed E-state index contributed by atoms with van der Waals surface area (Å²) in [5.74, 6) is 0.622. The molecule has 0 heterocycles. The molecule has 49 heavy (non-hydrogen) atoms. The van der Waals surface area contributed by atoms with E-state index >= 15 is 0 Å². The summed E-state index contributed by atoms with van der Waals surface area (Å²) in [6, 6.07) is 28.3. The number of halogens is 4. The standard InChI is InChI=1S/C16H13Cl2NO.C16H15Cl2N.CB6P2.Y/c17-14-7-5-10(9-15(14)18)11-6-8-16(19-20)13-4-2-1-3-12(11)13;17-14-7-5-10(9-15(14)18)11-6-8-16(19)13-4-2-1-3-12(11)13;2-7-1(8(3)4)9(5)6;/h1-5,7,9,11,20H,6,8H2;1-5,7,9,11,16H,6,8,19H2;;/q;;-1;/b19-16-;;;/t11-;11-,16+;;/m00../s1. The monoisotopic (exact) mass is 825 g/mol. The van der Waals surface area contributed by atoms with Gasteiger partial charge in [-0.05, 0) is 85.5 Å². The van der Waals surface area contributed by atoms with Crippen molar-refractivity contribution in [3.8, 4) is 0 Å². The number of fused-ring (bicyclic) bond motifs is 2. The zero-order valence-electron chi connectivity index (χ0n) is 26.6. The molecule has 2 aliphatic rings. The van der Waals surface area contributed by atoms with Crippen molar-refractivity contribution in [2.45, 2.75) is 43.6 Å². The van der Waals surface area contributed by atoms with Crippen molar-refractivity contribution in [2.24, 2.45) is 10.9 Å².